The van der Waals surface area contributed by atoms with Gasteiger partial charge >= 0.3 is 0 Å². The van der Waals surface area contributed by atoms with E-state index in [-0.39, 0.29) is 7.43 Å². The number of hydrazine groups is 1. The molecule has 6 nitrogen and oxygen atoms in total. The summed E-state index contributed by atoms with van der Waals surface area (Å²) in [5, 5.41) is 7.86. The summed E-state index contributed by atoms with van der Waals surface area (Å²) in [5.74, 6) is 0.744. The van der Waals surface area contributed by atoms with E-state index in [9.17, 15) is 0 Å². The zero-order chi connectivity index (χ0) is 19.5. The minimum Gasteiger partial charge on any atom is -0.337 e. The molecule has 0 spiro atoms. The Morgan fingerprint density at radius 1 is 1.03 bits per heavy atom. The van der Waals surface area contributed by atoms with Crippen molar-refractivity contribution < 1.29 is 0 Å². The van der Waals surface area contributed by atoms with Gasteiger partial charge in [-0.1, -0.05) is 51.6 Å². The summed E-state index contributed by atoms with van der Waals surface area (Å²) in [6, 6.07) is 14.6. The number of imidazole rings is 1. The highest BCUT2D eigenvalue weighted by Gasteiger charge is 2.17. The minimum atomic E-state index is 0. The summed E-state index contributed by atoms with van der Waals surface area (Å²) in [6.07, 6.45) is 7.66. The van der Waals surface area contributed by atoms with Crippen LogP contribution in [0.3, 0.4) is 0 Å². The Kier molecular flexibility index (Phi) is 6.14. The molecule has 4 aromatic rings. The summed E-state index contributed by atoms with van der Waals surface area (Å²) in [4.78, 5) is 9.09. The maximum Gasteiger partial charge on any atom is 0.180 e. The van der Waals surface area contributed by atoms with Crippen LogP contribution in [0.5, 0.6) is 0 Å². The third kappa shape index (κ3) is 3.93. The average molecular weight is 389 g/mol. The molecule has 2 aromatic heterocycles. The second-order valence-electron chi connectivity index (χ2n) is 6.45. The van der Waals surface area contributed by atoms with Gasteiger partial charge in [0, 0.05) is 43.4 Å². The minimum absolute atomic E-state index is 0. The average Bonchev–Trinajstić information content (AvgIpc) is 3.36. The maximum atomic E-state index is 4.60. The first-order valence-corrected chi connectivity index (χ1v) is 9.52. The van der Waals surface area contributed by atoms with E-state index in [4.69, 9.17) is 0 Å². The molecule has 0 amide bonds. The van der Waals surface area contributed by atoms with Crippen molar-refractivity contribution in [1.29, 1.82) is 0 Å². The summed E-state index contributed by atoms with van der Waals surface area (Å²) in [7, 11) is 2.01. The van der Waals surface area contributed by atoms with Crippen LogP contribution >= 0.6 is 0 Å². The number of nitrogens with zero attached hydrogens (tertiary/aromatic N) is 4. The first kappa shape index (κ1) is 20.4. The Hall–Kier alpha value is -3.38. The molecule has 0 saturated heterocycles. The van der Waals surface area contributed by atoms with Crippen molar-refractivity contribution in [2.75, 3.05) is 18.9 Å². The van der Waals surface area contributed by atoms with Crippen LogP contribution < -0.4 is 10.7 Å². The van der Waals surface area contributed by atoms with Crippen LogP contribution in [0, 0.1) is 0 Å². The fraction of sp³-hybridized carbons (Fsp3) is 0.217. The Morgan fingerprint density at radius 2 is 1.83 bits per heavy atom. The van der Waals surface area contributed by atoms with Gasteiger partial charge < -0.3 is 10.7 Å². The van der Waals surface area contributed by atoms with Gasteiger partial charge in [-0.15, -0.1) is 0 Å². The van der Waals surface area contributed by atoms with Gasteiger partial charge in [0.15, 0.2) is 11.5 Å². The third-order valence-corrected chi connectivity index (χ3v) is 4.64. The highest BCUT2D eigenvalue weighted by molar-refractivity contribution is 5.87. The summed E-state index contributed by atoms with van der Waals surface area (Å²) >= 11 is 0. The first-order valence-electron chi connectivity index (χ1n) is 9.52. The van der Waals surface area contributed by atoms with Crippen LogP contribution in [0.25, 0.3) is 22.0 Å². The lowest BCUT2D eigenvalue weighted by Gasteiger charge is -2.09. The van der Waals surface area contributed by atoms with Gasteiger partial charge in [-0.25, -0.2) is 15.0 Å². The molecule has 5 rings (SSSR count). The second kappa shape index (κ2) is 8.75. The standard InChI is InChI=1S/C20H18N6.C2H6.CH4/c1-25-13-16(11-23-25)18-12-22-20-19(21-8-9-26(18)20)24-17-7-6-14-4-2-3-5-15(14)10-17;1-2;/h2-12,23H,13H2,1H3,(H,21,24);1-2H3;1H4. The second-order valence-corrected chi connectivity index (χ2v) is 6.45. The lowest BCUT2D eigenvalue weighted by Crippen LogP contribution is -2.24. The summed E-state index contributed by atoms with van der Waals surface area (Å²) in [5.41, 5.74) is 7.27. The van der Waals surface area contributed by atoms with Gasteiger partial charge in [0.1, 0.15) is 0 Å². The van der Waals surface area contributed by atoms with Crippen molar-refractivity contribution in [1.82, 2.24) is 24.8 Å². The zero-order valence-electron chi connectivity index (χ0n) is 16.3. The zero-order valence-corrected chi connectivity index (χ0v) is 16.3. The number of aromatic nitrogens is 3. The van der Waals surface area contributed by atoms with Crippen LogP contribution in [-0.2, 0) is 0 Å². The molecular weight excluding hydrogens is 360 g/mol. The molecule has 0 atom stereocenters. The molecule has 29 heavy (non-hydrogen) atoms. The van der Waals surface area contributed by atoms with Crippen molar-refractivity contribution in [2.45, 2.75) is 21.3 Å². The van der Waals surface area contributed by atoms with Gasteiger partial charge in [0.2, 0.25) is 0 Å². The number of likely N-dealkylation sites (N-methyl/N-ethyl adjacent to an activating group) is 1. The van der Waals surface area contributed by atoms with E-state index in [1.807, 2.05) is 56.6 Å². The maximum absolute atomic E-state index is 4.60. The molecule has 0 saturated carbocycles. The van der Waals surface area contributed by atoms with Crippen LogP contribution in [0.4, 0.5) is 11.5 Å². The quantitative estimate of drug-likeness (QED) is 0.513. The number of anilines is 2. The van der Waals surface area contributed by atoms with E-state index in [1.54, 1.807) is 6.20 Å². The molecule has 0 radical (unpaired) electrons. The predicted molar refractivity (Wildman–Crippen MR) is 122 cm³/mol. The molecular formula is C23H28N6. The lowest BCUT2D eigenvalue weighted by atomic mass is 10.1. The van der Waals surface area contributed by atoms with Crippen LogP contribution in [0.15, 0.2) is 67.3 Å². The molecule has 2 N–H and O–H groups in total. The van der Waals surface area contributed by atoms with E-state index in [0.717, 1.165) is 29.4 Å². The number of rotatable bonds is 3. The first-order chi connectivity index (χ1) is 13.8. The fourth-order valence-electron chi connectivity index (χ4n) is 3.34. The molecule has 1 aliphatic rings. The molecule has 150 valence electrons. The van der Waals surface area contributed by atoms with Crippen molar-refractivity contribution in [3.63, 3.8) is 0 Å². The molecule has 2 aromatic carbocycles. The molecule has 0 bridgehead atoms. The molecule has 0 aliphatic carbocycles. The lowest BCUT2D eigenvalue weighted by molar-refractivity contribution is 0.334. The van der Waals surface area contributed by atoms with Crippen LogP contribution in [0.1, 0.15) is 27.0 Å². The van der Waals surface area contributed by atoms with E-state index in [0.29, 0.717) is 0 Å². The monoisotopic (exact) mass is 388 g/mol. The van der Waals surface area contributed by atoms with Gasteiger partial charge in [0.05, 0.1) is 11.9 Å². The Bertz CT molecular complexity index is 1140. The Balaban J connectivity index is 0.000000778. The van der Waals surface area contributed by atoms with Crippen LogP contribution in [-0.4, -0.2) is 33.0 Å². The van der Waals surface area contributed by atoms with E-state index < -0.39 is 0 Å². The van der Waals surface area contributed by atoms with E-state index >= 15 is 0 Å². The number of hydrogen-bond donors (Lipinski definition) is 2. The number of hydrogen-bond acceptors (Lipinski definition) is 5. The molecule has 1 aliphatic heterocycles. The van der Waals surface area contributed by atoms with Gasteiger partial charge in [-0.05, 0) is 22.9 Å². The topological polar surface area (TPSA) is 57.5 Å². The van der Waals surface area contributed by atoms with Crippen molar-refractivity contribution in [3.05, 3.63) is 72.9 Å². The van der Waals surface area contributed by atoms with Crippen molar-refractivity contribution >= 4 is 33.5 Å². The number of nitrogens with one attached hydrogen (secondary N) is 2. The van der Waals surface area contributed by atoms with Crippen molar-refractivity contribution in [2.24, 2.45) is 0 Å². The fourth-order valence-corrected chi connectivity index (χ4v) is 3.34. The van der Waals surface area contributed by atoms with Gasteiger partial charge in [0.25, 0.3) is 0 Å². The normalized spacial score (nSPS) is 13.3. The summed E-state index contributed by atoms with van der Waals surface area (Å²) < 4.78 is 2.07. The SMILES string of the molecule is C.CC.CN1CC(c2cnc3c(Nc4ccc5ccccc5c4)nccn23)=CN1. The van der Waals surface area contributed by atoms with Crippen LogP contribution in [0.2, 0.25) is 0 Å². The van der Waals surface area contributed by atoms with Crippen molar-refractivity contribution in [3.8, 4) is 0 Å². The third-order valence-electron chi connectivity index (χ3n) is 4.64. The molecule has 3 heterocycles. The van der Waals surface area contributed by atoms with Gasteiger partial charge in [-0.2, -0.15) is 0 Å². The largest absolute Gasteiger partial charge is 0.337 e. The van der Waals surface area contributed by atoms with E-state index in [1.165, 1.54) is 16.3 Å². The molecule has 6 heteroatoms. The number of benzene rings is 2. The van der Waals surface area contributed by atoms with E-state index in [2.05, 4.69) is 55.4 Å². The molecule has 0 fully saturated rings. The highest BCUT2D eigenvalue weighted by atomic mass is 15.5. The Morgan fingerprint density at radius 3 is 2.59 bits per heavy atom. The van der Waals surface area contributed by atoms with Gasteiger partial charge in [-0.3, -0.25) is 4.40 Å². The number of fused-ring (bicyclic) bond motifs is 2. The predicted octanol–water partition coefficient (Wildman–Crippen LogP) is 5.08. The molecule has 0 unspecified atom stereocenters. The highest BCUT2D eigenvalue weighted by Crippen LogP contribution is 2.26. The smallest absolute Gasteiger partial charge is 0.180 e. The Labute approximate surface area is 171 Å². The summed E-state index contributed by atoms with van der Waals surface area (Å²) in [6.45, 7) is 4.84.